The van der Waals surface area contributed by atoms with Crippen LogP contribution in [0.25, 0.3) is 0 Å². The molecule has 0 aromatic heterocycles. The Hall–Kier alpha value is -0.120. The Morgan fingerprint density at radius 1 is 1.33 bits per heavy atom. The first-order valence-electron chi connectivity index (χ1n) is 5.93. The van der Waals surface area contributed by atoms with Crippen molar-refractivity contribution in [2.75, 3.05) is 27.3 Å². The number of hydrogen-bond donors (Lipinski definition) is 1. The van der Waals surface area contributed by atoms with Gasteiger partial charge in [-0.2, -0.15) is 0 Å². The van der Waals surface area contributed by atoms with E-state index in [1.54, 1.807) is 0 Å². The highest BCUT2D eigenvalue weighted by Crippen LogP contribution is 2.26. The van der Waals surface area contributed by atoms with Crippen molar-refractivity contribution in [3.8, 4) is 0 Å². The average Bonchev–Trinajstić information content (AvgIpc) is 2.14. The minimum atomic E-state index is -0.0761. The maximum atomic E-state index is 6.12. The zero-order chi connectivity index (χ0) is 11.5. The van der Waals surface area contributed by atoms with Gasteiger partial charge in [-0.25, -0.2) is 0 Å². The summed E-state index contributed by atoms with van der Waals surface area (Å²) in [5.41, 5.74) is 6.05. The molecule has 2 N–H and O–H groups in total. The molecule has 0 bridgehead atoms. The number of nitrogens with two attached hydrogens (primary N) is 1. The van der Waals surface area contributed by atoms with Crippen LogP contribution in [-0.4, -0.2) is 43.8 Å². The standard InChI is InChI=1S/C12H26N2O/c1-12(2,13)9-11(14(3)4)10-5-7-15-8-6-10/h10-11H,5-9,13H2,1-4H3. The van der Waals surface area contributed by atoms with E-state index in [0.717, 1.165) is 25.6 Å². The molecule has 1 aliphatic rings. The van der Waals surface area contributed by atoms with Gasteiger partial charge in [-0.1, -0.05) is 0 Å². The van der Waals surface area contributed by atoms with E-state index in [4.69, 9.17) is 10.5 Å². The Bertz CT molecular complexity index is 181. The molecule has 0 saturated carbocycles. The van der Waals surface area contributed by atoms with E-state index in [1.165, 1.54) is 12.8 Å². The molecular weight excluding hydrogens is 188 g/mol. The number of hydrogen-bond acceptors (Lipinski definition) is 3. The largest absolute Gasteiger partial charge is 0.381 e. The van der Waals surface area contributed by atoms with Crippen LogP contribution in [0.15, 0.2) is 0 Å². The van der Waals surface area contributed by atoms with Gasteiger partial charge in [-0.15, -0.1) is 0 Å². The van der Waals surface area contributed by atoms with Crippen LogP contribution in [0.3, 0.4) is 0 Å². The SMILES string of the molecule is CN(C)C(CC(C)(C)N)C1CCOCC1. The highest BCUT2D eigenvalue weighted by molar-refractivity contribution is 4.86. The van der Waals surface area contributed by atoms with Gasteiger partial charge in [0.2, 0.25) is 0 Å². The van der Waals surface area contributed by atoms with Gasteiger partial charge in [0.25, 0.3) is 0 Å². The first-order valence-corrected chi connectivity index (χ1v) is 5.93. The zero-order valence-electron chi connectivity index (χ0n) is 10.6. The summed E-state index contributed by atoms with van der Waals surface area (Å²) in [6, 6.07) is 0.592. The second kappa shape index (κ2) is 5.28. The first-order chi connectivity index (χ1) is 6.90. The molecule has 0 aliphatic carbocycles. The van der Waals surface area contributed by atoms with Crippen LogP contribution in [-0.2, 0) is 4.74 Å². The maximum Gasteiger partial charge on any atom is 0.0469 e. The molecule has 0 radical (unpaired) electrons. The van der Waals surface area contributed by atoms with E-state index >= 15 is 0 Å². The third kappa shape index (κ3) is 4.49. The van der Waals surface area contributed by atoms with Gasteiger partial charge in [0, 0.05) is 24.8 Å². The summed E-state index contributed by atoms with van der Waals surface area (Å²) in [7, 11) is 4.32. The predicted molar refractivity (Wildman–Crippen MR) is 63.9 cm³/mol. The van der Waals surface area contributed by atoms with Gasteiger partial charge in [0.15, 0.2) is 0 Å². The van der Waals surface area contributed by atoms with Crippen molar-refractivity contribution >= 4 is 0 Å². The molecule has 1 aliphatic heterocycles. The molecule has 0 aromatic carbocycles. The van der Waals surface area contributed by atoms with Crippen LogP contribution >= 0.6 is 0 Å². The Morgan fingerprint density at radius 3 is 2.27 bits per heavy atom. The molecule has 0 spiro atoms. The van der Waals surface area contributed by atoms with E-state index in [9.17, 15) is 0 Å². The fraction of sp³-hybridized carbons (Fsp3) is 1.00. The van der Waals surface area contributed by atoms with E-state index in [1.807, 2.05) is 0 Å². The highest BCUT2D eigenvalue weighted by atomic mass is 16.5. The molecule has 0 amide bonds. The first kappa shape index (κ1) is 12.9. The van der Waals surface area contributed by atoms with E-state index in [2.05, 4.69) is 32.8 Å². The lowest BCUT2D eigenvalue weighted by molar-refractivity contribution is 0.0303. The lowest BCUT2D eigenvalue weighted by Crippen LogP contribution is -2.46. The summed E-state index contributed by atoms with van der Waals surface area (Å²) in [5.74, 6) is 0.747. The van der Waals surface area contributed by atoms with Crippen LogP contribution in [0.5, 0.6) is 0 Å². The zero-order valence-corrected chi connectivity index (χ0v) is 10.6. The topological polar surface area (TPSA) is 38.5 Å². The molecule has 1 rings (SSSR count). The van der Waals surface area contributed by atoms with Crippen LogP contribution in [0.1, 0.15) is 33.1 Å². The Kier molecular flexibility index (Phi) is 4.56. The summed E-state index contributed by atoms with van der Waals surface area (Å²) in [6.45, 7) is 6.06. The van der Waals surface area contributed by atoms with Gasteiger partial charge in [0.1, 0.15) is 0 Å². The highest BCUT2D eigenvalue weighted by Gasteiger charge is 2.29. The molecule has 15 heavy (non-hydrogen) atoms. The molecule has 1 fully saturated rings. The van der Waals surface area contributed by atoms with E-state index in [0.29, 0.717) is 6.04 Å². The van der Waals surface area contributed by atoms with Crippen LogP contribution in [0.4, 0.5) is 0 Å². The summed E-state index contributed by atoms with van der Waals surface area (Å²) >= 11 is 0. The second-order valence-electron chi connectivity index (χ2n) is 5.67. The predicted octanol–water partition coefficient (Wildman–Crippen LogP) is 1.47. The van der Waals surface area contributed by atoms with Crippen LogP contribution in [0, 0.1) is 5.92 Å². The molecule has 1 saturated heterocycles. The molecule has 3 nitrogen and oxygen atoms in total. The summed E-state index contributed by atoms with van der Waals surface area (Å²) < 4.78 is 5.41. The molecule has 90 valence electrons. The maximum absolute atomic E-state index is 6.12. The normalized spacial score (nSPS) is 22.0. The number of rotatable bonds is 4. The Labute approximate surface area is 94.0 Å². The monoisotopic (exact) mass is 214 g/mol. The molecule has 1 unspecified atom stereocenters. The third-order valence-electron chi connectivity index (χ3n) is 3.21. The fourth-order valence-electron chi connectivity index (χ4n) is 2.41. The van der Waals surface area contributed by atoms with Crippen molar-refractivity contribution in [1.82, 2.24) is 4.90 Å². The lowest BCUT2D eigenvalue weighted by atomic mass is 9.83. The van der Waals surface area contributed by atoms with Gasteiger partial charge >= 0.3 is 0 Å². The molecular formula is C12H26N2O. The smallest absolute Gasteiger partial charge is 0.0469 e. The third-order valence-corrected chi connectivity index (χ3v) is 3.21. The fourth-order valence-corrected chi connectivity index (χ4v) is 2.41. The van der Waals surface area contributed by atoms with Gasteiger partial charge < -0.3 is 15.4 Å². The van der Waals surface area contributed by atoms with Crippen molar-refractivity contribution in [3.63, 3.8) is 0 Å². The molecule has 1 heterocycles. The van der Waals surface area contributed by atoms with Gasteiger partial charge in [-0.3, -0.25) is 0 Å². The van der Waals surface area contributed by atoms with E-state index < -0.39 is 0 Å². The van der Waals surface area contributed by atoms with Crippen LogP contribution in [0.2, 0.25) is 0 Å². The Balaban J connectivity index is 2.56. The molecule has 3 heteroatoms. The van der Waals surface area contributed by atoms with Crippen molar-refractivity contribution in [2.24, 2.45) is 11.7 Å². The number of ether oxygens (including phenoxy) is 1. The molecule has 1 atom stereocenters. The van der Waals surface area contributed by atoms with Crippen molar-refractivity contribution in [2.45, 2.75) is 44.7 Å². The minimum absolute atomic E-state index is 0.0761. The Morgan fingerprint density at radius 2 is 1.87 bits per heavy atom. The van der Waals surface area contributed by atoms with Gasteiger partial charge in [-0.05, 0) is 53.1 Å². The minimum Gasteiger partial charge on any atom is -0.381 e. The summed E-state index contributed by atoms with van der Waals surface area (Å²) in [5, 5.41) is 0. The quantitative estimate of drug-likeness (QED) is 0.770. The summed E-state index contributed by atoms with van der Waals surface area (Å²) in [4.78, 5) is 2.32. The average molecular weight is 214 g/mol. The number of nitrogens with zero attached hydrogens (tertiary/aromatic N) is 1. The van der Waals surface area contributed by atoms with Crippen molar-refractivity contribution in [3.05, 3.63) is 0 Å². The van der Waals surface area contributed by atoms with Crippen molar-refractivity contribution in [1.29, 1.82) is 0 Å². The second-order valence-corrected chi connectivity index (χ2v) is 5.67. The van der Waals surface area contributed by atoms with E-state index in [-0.39, 0.29) is 5.54 Å². The van der Waals surface area contributed by atoms with Crippen LogP contribution < -0.4 is 5.73 Å². The lowest BCUT2D eigenvalue weighted by Gasteiger charge is -2.38. The van der Waals surface area contributed by atoms with Crippen molar-refractivity contribution < 1.29 is 4.74 Å². The molecule has 0 aromatic rings. The van der Waals surface area contributed by atoms with Gasteiger partial charge in [0.05, 0.1) is 0 Å². The summed E-state index contributed by atoms with van der Waals surface area (Å²) in [6.07, 6.45) is 3.42.